The standard InChI is InChI=1S/C23H25ClN4O3S/c1-4-12-28-21(14-31-18-9-6-16(5-2)7-10-18)26-27-23(28)32-15-22(29)25-19-13-17(24)8-11-20(19)30-3/h4,6-11,13H,1,5,12,14-15H2,2-3H3,(H,25,29). The molecule has 32 heavy (non-hydrogen) atoms. The maximum atomic E-state index is 12.5. The highest BCUT2D eigenvalue weighted by molar-refractivity contribution is 7.99. The number of allylic oxidation sites excluding steroid dienone is 1. The third-order valence-corrected chi connectivity index (χ3v) is 5.77. The van der Waals surface area contributed by atoms with Crippen molar-refractivity contribution in [1.82, 2.24) is 14.8 Å². The summed E-state index contributed by atoms with van der Waals surface area (Å²) in [5.74, 6) is 1.89. The maximum absolute atomic E-state index is 12.5. The van der Waals surface area contributed by atoms with Gasteiger partial charge in [0.05, 0.1) is 18.6 Å². The predicted octanol–water partition coefficient (Wildman–Crippen LogP) is 5.00. The van der Waals surface area contributed by atoms with E-state index in [-0.39, 0.29) is 18.3 Å². The monoisotopic (exact) mass is 472 g/mol. The van der Waals surface area contributed by atoms with Crippen molar-refractivity contribution in [3.05, 3.63) is 71.5 Å². The number of halogens is 1. The molecule has 1 heterocycles. The van der Waals surface area contributed by atoms with E-state index < -0.39 is 0 Å². The summed E-state index contributed by atoms with van der Waals surface area (Å²) in [6.07, 6.45) is 2.73. The molecule has 7 nitrogen and oxygen atoms in total. The fraction of sp³-hybridized carbons (Fsp3) is 0.261. The number of thioether (sulfide) groups is 1. The van der Waals surface area contributed by atoms with E-state index in [0.29, 0.717) is 34.0 Å². The minimum Gasteiger partial charge on any atom is -0.495 e. The number of rotatable bonds is 11. The predicted molar refractivity (Wildman–Crippen MR) is 128 cm³/mol. The van der Waals surface area contributed by atoms with Gasteiger partial charge < -0.3 is 14.8 Å². The summed E-state index contributed by atoms with van der Waals surface area (Å²) in [5.41, 5.74) is 1.76. The summed E-state index contributed by atoms with van der Waals surface area (Å²) < 4.78 is 13.0. The number of aromatic nitrogens is 3. The number of anilines is 1. The van der Waals surface area contributed by atoms with E-state index in [1.54, 1.807) is 24.3 Å². The minimum atomic E-state index is -0.211. The van der Waals surface area contributed by atoms with Crippen LogP contribution < -0.4 is 14.8 Å². The molecule has 0 saturated heterocycles. The molecule has 1 aromatic heterocycles. The van der Waals surface area contributed by atoms with E-state index in [1.165, 1.54) is 24.4 Å². The molecule has 0 radical (unpaired) electrons. The lowest BCUT2D eigenvalue weighted by molar-refractivity contribution is -0.113. The Morgan fingerprint density at radius 1 is 1.25 bits per heavy atom. The van der Waals surface area contributed by atoms with Crippen LogP contribution >= 0.6 is 23.4 Å². The molecule has 3 aromatic rings. The summed E-state index contributed by atoms with van der Waals surface area (Å²) >= 11 is 7.30. The summed E-state index contributed by atoms with van der Waals surface area (Å²) in [5, 5.41) is 12.4. The maximum Gasteiger partial charge on any atom is 0.234 e. The number of benzene rings is 2. The van der Waals surface area contributed by atoms with Gasteiger partial charge in [-0.1, -0.05) is 48.5 Å². The van der Waals surface area contributed by atoms with Crippen LogP contribution in [-0.4, -0.2) is 33.5 Å². The van der Waals surface area contributed by atoms with Crippen LogP contribution in [0.5, 0.6) is 11.5 Å². The van der Waals surface area contributed by atoms with Gasteiger partial charge in [-0.15, -0.1) is 16.8 Å². The highest BCUT2D eigenvalue weighted by atomic mass is 35.5. The highest BCUT2D eigenvalue weighted by Gasteiger charge is 2.15. The van der Waals surface area contributed by atoms with Crippen LogP contribution in [0.4, 0.5) is 5.69 Å². The second kappa shape index (κ2) is 11.6. The largest absolute Gasteiger partial charge is 0.495 e. The van der Waals surface area contributed by atoms with Gasteiger partial charge in [0.1, 0.15) is 18.1 Å². The van der Waals surface area contributed by atoms with E-state index in [2.05, 4.69) is 29.0 Å². The first-order valence-corrected chi connectivity index (χ1v) is 11.4. The van der Waals surface area contributed by atoms with Crippen LogP contribution in [0.3, 0.4) is 0 Å². The molecule has 0 saturated carbocycles. The first-order valence-electron chi connectivity index (χ1n) is 10.0. The van der Waals surface area contributed by atoms with Crippen LogP contribution in [0.15, 0.2) is 60.3 Å². The zero-order valence-corrected chi connectivity index (χ0v) is 19.6. The zero-order valence-electron chi connectivity index (χ0n) is 18.0. The number of nitrogens with zero attached hydrogens (tertiary/aromatic N) is 3. The number of aryl methyl sites for hydroxylation is 1. The Kier molecular flexibility index (Phi) is 8.58. The van der Waals surface area contributed by atoms with Crippen LogP contribution in [0.2, 0.25) is 5.02 Å². The molecular formula is C23H25ClN4O3S. The molecule has 3 rings (SSSR count). The molecule has 0 atom stereocenters. The van der Waals surface area contributed by atoms with Crippen molar-refractivity contribution >= 4 is 35.0 Å². The van der Waals surface area contributed by atoms with E-state index in [1.807, 2.05) is 28.8 Å². The highest BCUT2D eigenvalue weighted by Crippen LogP contribution is 2.28. The second-order valence-corrected chi connectivity index (χ2v) is 8.14. The average Bonchev–Trinajstić information content (AvgIpc) is 3.18. The van der Waals surface area contributed by atoms with Gasteiger partial charge in [-0.05, 0) is 42.3 Å². The minimum absolute atomic E-state index is 0.143. The number of ether oxygens (including phenoxy) is 2. The Morgan fingerprint density at radius 2 is 2.03 bits per heavy atom. The molecule has 1 amide bonds. The van der Waals surface area contributed by atoms with Gasteiger partial charge in [0.15, 0.2) is 11.0 Å². The van der Waals surface area contributed by atoms with Gasteiger partial charge in [-0.3, -0.25) is 9.36 Å². The summed E-state index contributed by atoms with van der Waals surface area (Å²) in [4.78, 5) is 12.5. The molecule has 0 bridgehead atoms. The molecule has 9 heteroatoms. The third kappa shape index (κ3) is 6.27. The Bertz CT molecular complexity index is 1070. The summed E-state index contributed by atoms with van der Waals surface area (Å²) in [6, 6.07) is 13.0. The van der Waals surface area contributed by atoms with Crippen LogP contribution in [0, 0.1) is 0 Å². The average molecular weight is 473 g/mol. The van der Waals surface area contributed by atoms with Crippen LogP contribution in [0.1, 0.15) is 18.3 Å². The van der Waals surface area contributed by atoms with Crippen molar-refractivity contribution in [1.29, 1.82) is 0 Å². The van der Waals surface area contributed by atoms with Crippen molar-refractivity contribution in [3.8, 4) is 11.5 Å². The van der Waals surface area contributed by atoms with Gasteiger partial charge in [0.25, 0.3) is 0 Å². The lowest BCUT2D eigenvalue weighted by Crippen LogP contribution is -2.15. The normalized spacial score (nSPS) is 10.6. The van der Waals surface area contributed by atoms with E-state index in [9.17, 15) is 4.79 Å². The number of methoxy groups -OCH3 is 1. The Balaban J connectivity index is 1.62. The fourth-order valence-electron chi connectivity index (χ4n) is 2.91. The van der Waals surface area contributed by atoms with E-state index >= 15 is 0 Å². The molecule has 0 unspecified atom stereocenters. The summed E-state index contributed by atoms with van der Waals surface area (Å²) in [6.45, 7) is 6.68. The number of amides is 1. The van der Waals surface area contributed by atoms with Gasteiger partial charge >= 0.3 is 0 Å². The molecule has 0 aliphatic carbocycles. The first-order chi connectivity index (χ1) is 15.5. The van der Waals surface area contributed by atoms with Crippen molar-refractivity contribution in [2.75, 3.05) is 18.2 Å². The molecule has 1 N–H and O–H groups in total. The van der Waals surface area contributed by atoms with Crippen LogP contribution in [-0.2, 0) is 24.4 Å². The Hall–Kier alpha value is -2.97. The molecule has 0 aliphatic heterocycles. The lowest BCUT2D eigenvalue weighted by atomic mass is 10.2. The summed E-state index contributed by atoms with van der Waals surface area (Å²) in [7, 11) is 1.53. The number of hydrogen-bond acceptors (Lipinski definition) is 6. The lowest BCUT2D eigenvalue weighted by Gasteiger charge is -2.11. The Labute approximate surface area is 196 Å². The topological polar surface area (TPSA) is 78.3 Å². The van der Waals surface area contributed by atoms with Crippen molar-refractivity contribution in [2.24, 2.45) is 0 Å². The first kappa shape index (κ1) is 23.7. The van der Waals surface area contributed by atoms with Gasteiger partial charge in [0.2, 0.25) is 5.91 Å². The molecule has 0 aliphatic rings. The van der Waals surface area contributed by atoms with E-state index in [0.717, 1.165) is 12.2 Å². The molecule has 0 spiro atoms. The van der Waals surface area contributed by atoms with Crippen molar-refractivity contribution < 1.29 is 14.3 Å². The second-order valence-electron chi connectivity index (χ2n) is 6.77. The van der Waals surface area contributed by atoms with Crippen LogP contribution in [0.25, 0.3) is 0 Å². The number of nitrogens with one attached hydrogen (secondary N) is 1. The zero-order chi connectivity index (χ0) is 22.9. The Morgan fingerprint density at radius 3 is 2.72 bits per heavy atom. The molecule has 0 fully saturated rings. The smallest absolute Gasteiger partial charge is 0.234 e. The number of hydrogen-bond donors (Lipinski definition) is 1. The number of carbonyl (C=O) groups excluding carboxylic acids is 1. The van der Waals surface area contributed by atoms with Crippen molar-refractivity contribution in [3.63, 3.8) is 0 Å². The van der Waals surface area contributed by atoms with Gasteiger partial charge in [-0.25, -0.2) is 0 Å². The SMILES string of the molecule is C=CCn1c(COc2ccc(CC)cc2)nnc1SCC(=O)Nc1cc(Cl)ccc1OC. The molecular weight excluding hydrogens is 448 g/mol. The quantitative estimate of drug-likeness (QED) is 0.312. The van der Waals surface area contributed by atoms with Gasteiger partial charge in [-0.2, -0.15) is 0 Å². The van der Waals surface area contributed by atoms with E-state index in [4.69, 9.17) is 21.1 Å². The fourth-order valence-corrected chi connectivity index (χ4v) is 3.85. The third-order valence-electron chi connectivity index (χ3n) is 4.57. The number of carbonyl (C=O) groups is 1. The van der Waals surface area contributed by atoms with Gasteiger partial charge in [0, 0.05) is 11.6 Å². The van der Waals surface area contributed by atoms with Crippen molar-refractivity contribution in [2.45, 2.75) is 31.7 Å². The molecule has 2 aromatic carbocycles. The molecule has 168 valence electrons.